The molecule has 0 aliphatic carbocycles. The molecule has 0 N–H and O–H groups in total. The molecule has 3 nitrogen and oxygen atoms in total. The summed E-state index contributed by atoms with van der Waals surface area (Å²) >= 11 is 2.93. The molecule has 2 rings (SSSR count). The number of ether oxygens (including phenoxy) is 1. The number of benzene rings is 1. The highest BCUT2D eigenvalue weighted by atomic mass is 79.9. The molecule has 1 aromatic carbocycles. The van der Waals surface area contributed by atoms with Crippen LogP contribution in [0.4, 0.5) is 8.78 Å². The topological polar surface area (TPSA) is 39.2 Å². The van der Waals surface area contributed by atoms with Crippen LogP contribution < -0.4 is 4.74 Å². The fourth-order valence-corrected chi connectivity index (χ4v) is 2.02. The van der Waals surface area contributed by atoms with Gasteiger partial charge in [-0.1, -0.05) is 6.07 Å². The Labute approximate surface area is 122 Å². The molecule has 0 atom stereocenters. The fraction of sp³-hybridized carbons (Fsp3) is 0.143. The summed E-state index contributed by atoms with van der Waals surface area (Å²) in [5.74, 6) is -2.01. The van der Waals surface area contributed by atoms with E-state index in [0.717, 1.165) is 6.07 Å². The molecular weight excluding hydrogens is 332 g/mol. The van der Waals surface area contributed by atoms with Gasteiger partial charge in [0, 0.05) is 18.7 Å². The molecule has 1 heterocycles. The zero-order valence-corrected chi connectivity index (χ0v) is 12.1. The second-order valence-corrected chi connectivity index (χ2v) is 4.88. The summed E-state index contributed by atoms with van der Waals surface area (Å²) < 4.78 is 32.3. The van der Waals surface area contributed by atoms with Gasteiger partial charge in [-0.3, -0.25) is 4.79 Å². The first kappa shape index (κ1) is 14.6. The summed E-state index contributed by atoms with van der Waals surface area (Å²) in [4.78, 5) is 15.9. The van der Waals surface area contributed by atoms with Crippen molar-refractivity contribution in [3.63, 3.8) is 0 Å². The molecule has 20 heavy (non-hydrogen) atoms. The van der Waals surface area contributed by atoms with Gasteiger partial charge in [-0.15, -0.1) is 0 Å². The lowest BCUT2D eigenvalue weighted by atomic mass is 10.0. The van der Waals surface area contributed by atoms with Crippen LogP contribution in [-0.2, 0) is 6.42 Å². The van der Waals surface area contributed by atoms with E-state index in [9.17, 15) is 13.6 Å². The predicted molar refractivity (Wildman–Crippen MR) is 72.9 cm³/mol. The lowest BCUT2D eigenvalue weighted by molar-refractivity contribution is 0.0984. The number of carbonyl (C=O) groups excluding carboxylic acids is 1. The van der Waals surface area contributed by atoms with Crippen LogP contribution in [0.5, 0.6) is 5.88 Å². The largest absolute Gasteiger partial charge is 0.481 e. The maximum absolute atomic E-state index is 13.8. The van der Waals surface area contributed by atoms with E-state index in [1.54, 1.807) is 12.1 Å². The summed E-state index contributed by atoms with van der Waals surface area (Å²) in [6, 6.07) is 5.47. The van der Waals surface area contributed by atoms with Gasteiger partial charge in [0.2, 0.25) is 5.88 Å². The van der Waals surface area contributed by atoms with E-state index in [2.05, 4.69) is 20.9 Å². The van der Waals surface area contributed by atoms with E-state index in [1.807, 2.05) is 0 Å². The molecule has 1 aromatic heterocycles. The van der Waals surface area contributed by atoms with Crippen LogP contribution in [-0.4, -0.2) is 17.9 Å². The number of methoxy groups -OCH3 is 1. The molecule has 2 aromatic rings. The van der Waals surface area contributed by atoms with Crippen LogP contribution in [0.25, 0.3) is 0 Å². The van der Waals surface area contributed by atoms with Crippen molar-refractivity contribution in [1.29, 1.82) is 0 Å². The second-order valence-electron chi connectivity index (χ2n) is 4.03. The average molecular weight is 342 g/mol. The Balaban J connectivity index is 2.26. The van der Waals surface area contributed by atoms with Gasteiger partial charge in [0.05, 0.1) is 17.1 Å². The highest BCUT2D eigenvalue weighted by molar-refractivity contribution is 9.10. The van der Waals surface area contributed by atoms with Crippen molar-refractivity contribution in [2.24, 2.45) is 0 Å². The second kappa shape index (κ2) is 6.09. The molecule has 0 spiro atoms. The number of ketones is 1. The first-order chi connectivity index (χ1) is 9.52. The Morgan fingerprint density at radius 2 is 2.05 bits per heavy atom. The van der Waals surface area contributed by atoms with Crippen LogP contribution in [0.2, 0.25) is 0 Å². The summed E-state index contributed by atoms with van der Waals surface area (Å²) in [7, 11) is 1.47. The Kier molecular flexibility index (Phi) is 4.44. The lowest BCUT2D eigenvalue weighted by Crippen LogP contribution is -2.10. The molecule has 6 heteroatoms. The van der Waals surface area contributed by atoms with Gasteiger partial charge in [-0.25, -0.2) is 13.8 Å². The lowest BCUT2D eigenvalue weighted by Gasteiger charge is -2.06. The highest BCUT2D eigenvalue weighted by Gasteiger charge is 2.19. The van der Waals surface area contributed by atoms with Crippen molar-refractivity contribution >= 4 is 21.7 Å². The SMILES string of the molecule is COc1ccc(CC(=O)c2c(F)ccc(Br)c2F)cn1. The van der Waals surface area contributed by atoms with E-state index in [0.29, 0.717) is 11.4 Å². The number of Topliss-reactive ketones (excluding diaryl/α,β-unsaturated/α-hetero) is 1. The number of halogens is 3. The Morgan fingerprint density at radius 1 is 1.30 bits per heavy atom. The number of nitrogens with zero attached hydrogens (tertiary/aromatic N) is 1. The zero-order valence-electron chi connectivity index (χ0n) is 10.5. The molecular formula is C14H10BrF2NO2. The standard InChI is InChI=1S/C14H10BrF2NO2/c1-20-12-5-2-8(7-18-12)6-11(19)13-10(16)4-3-9(15)14(13)17/h2-5,7H,6H2,1H3. The van der Waals surface area contributed by atoms with E-state index < -0.39 is 23.0 Å². The molecule has 0 amide bonds. The van der Waals surface area contributed by atoms with Crippen LogP contribution in [0.15, 0.2) is 34.9 Å². The van der Waals surface area contributed by atoms with E-state index >= 15 is 0 Å². The Hall–Kier alpha value is -1.82. The number of rotatable bonds is 4. The first-order valence-corrected chi connectivity index (χ1v) is 6.48. The van der Waals surface area contributed by atoms with Gasteiger partial charge in [-0.05, 0) is 33.6 Å². The first-order valence-electron chi connectivity index (χ1n) is 5.68. The molecule has 104 valence electrons. The van der Waals surface area contributed by atoms with E-state index in [1.165, 1.54) is 19.4 Å². The van der Waals surface area contributed by atoms with Crippen molar-refractivity contribution in [3.8, 4) is 5.88 Å². The van der Waals surface area contributed by atoms with Crippen molar-refractivity contribution in [1.82, 2.24) is 4.98 Å². The number of aromatic nitrogens is 1. The summed E-state index contributed by atoms with van der Waals surface area (Å²) in [6.45, 7) is 0. The number of hydrogen-bond donors (Lipinski definition) is 0. The summed E-state index contributed by atoms with van der Waals surface area (Å²) in [6.07, 6.45) is 1.30. The third-order valence-corrected chi connectivity index (χ3v) is 3.31. The summed E-state index contributed by atoms with van der Waals surface area (Å²) in [5, 5.41) is 0. The summed E-state index contributed by atoms with van der Waals surface area (Å²) in [5.41, 5.74) is 0.00442. The van der Waals surface area contributed by atoms with Crippen molar-refractivity contribution in [2.75, 3.05) is 7.11 Å². The smallest absolute Gasteiger partial charge is 0.212 e. The molecule has 0 aliphatic rings. The minimum absolute atomic E-state index is 0.0510. The molecule has 0 saturated carbocycles. The van der Waals surface area contributed by atoms with Crippen molar-refractivity contribution in [3.05, 3.63) is 57.7 Å². The van der Waals surface area contributed by atoms with Gasteiger partial charge in [-0.2, -0.15) is 0 Å². The maximum atomic E-state index is 13.8. The third-order valence-electron chi connectivity index (χ3n) is 2.69. The zero-order chi connectivity index (χ0) is 14.7. The monoisotopic (exact) mass is 341 g/mol. The van der Waals surface area contributed by atoms with Gasteiger partial charge in [0.25, 0.3) is 0 Å². The fourth-order valence-electron chi connectivity index (χ4n) is 1.69. The van der Waals surface area contributed by atoms with Crippen molar-refractivity contribution < 1.29 is 18.3 Å². The van der Waals surface area contributed by atoms with Gasteiger partial charge in [0.1, 0.15) is 5.82 Å². The minimum atomic E-state index is -0.892. The third kappa shape index (κ3) is 3.01. The van der Waals surface area contributed by atoms with Crippen LogP contribution >= 0.6 is 15.9 Å². The van der Waals surface area contributed by atoms with Crippen LogP contribution in [0.3, 0.4) is 0 Å². The van der Waals surface area contributed by atoms with Gasteiger partial charge >= 0.3 is 0 Å². The van der Waals surface area contributed by atoms with Crippen molar-refractivity contribution in [2.45, 2.75) is 6.42 Å². The molecule has 0 bridgehead atoms. The Bertz CT molecular complexity index is 644. The molecule has 0 unspecified atom stereocenters. The molecule has 0 aliphatic heterocycles. The quantitative estimate of drug-likeness (QED) is 0.630. The maximum Gasteiger partial charge on any atom is 0.212 e. The number of pyridine rings is 1. The molecule has 0 radical (unpaired) electrons. The van der Waals surface area contributed by atoms with Crippen LogP contribution in [0.1, 0.15) is 15.9 Å². The molecule has 0 saturated heterocycles. The number of carbonyl (C=O) groups is 1. The Morgan fingerprint density at radius 3 is 2.65 bits per heavy atom. The molecule has 0 fully saturated rings. The average Bonchev–Trinajstić information content (AvgIpc) is 2.44. The van der Waals surface area contributed by atoms with E-state index in [-0.39, 0.29) is 10.9 Å². The van der Waals surface area contributed by atoms with Gasteiger partial charge in [0.15, 0.2) is 11.6 Å². The minimum Gasteiger partial charge on any atom is -0.481 e. The highest BCUT2D eigenvalue weighted by Crippen LogP contribution is 2.23. The van der Waals surface area contributed by atoms with E-state index in [4.69, 9.17) is 4.74 Å². The van der Waals surface area contributed by atoms with Gasteiger partial charge < -0.3 is 4.74 Å². The number of hydrogen-bond acceptors (Lipinski definition) is 3. The van der Waals surface area contributed by atoms with Crippen LogP contribution in [0, 0.1) is 11.6 Å². The predicted octanol–water partition coefficient (Wildman–Crippen LogP) is 3.56. The normalized spacial score (nSPS) is 10.4.